The normalized spacial score (nSPS) is 20.3. The number of carbonyl (C=O) groups is 1. The highest BCUT2D eigenvalue weighted by Crippen LogP contribution is 2.27. The van der Waals surface area contributed by atoms with Crippen LogP contribution in [0.15, 0.2) is 54.6 Å². The van der Waals surface area contributed by atoms with Crippen molar-refractivity contribution in [2.75, 3.05) is 26.2 Å². The van der Waals surface area contributed by atoms with Gasteiger partial charge in [0.2, 0.25) is 5.91 Å². The molecule has 2 aliphatic rings. The third-order valence-electron chi connectivity index (χ3n) is 6.65. The monoisotopic (exact) mass is 440 g/mol. The number of rotatable bonds is 8. The van der Waals surface area contributed by atoms with Gasteiger partial charge in [-0.05, 0) is 61.9 Å². The summed E-state index contributed by atoms with van der Waals surface area (Å²) >= 11 is 6.05. The third-order valence-corrected chi connectivity index (χ3v) is 6.88. The van der Waals surface area contributed by atoms with Crippen molar-refractivity contribution in [2.45, 2.75) is 57.2 Å². The van der Waals surface area contributed by atoms with Crippen molar-refractivity contribution in [3.8, 4) is 0 Å². The van der Waals surface area contributed by atoms with Gasteiger partial charge >= 0.3 is 0 Å². The molecule has 0 aliphatic carbocycles. The van der Waals surface area contributed by atoms with E-state index in [0.29, 0.717) is 25.1 Å². The Balaban J connectivity index is 1.20. The van der Waals surface area contributed by atoms with Crippen LogP contribution in [0.2, 0.25) is 5.02 Å². The maximum Gasteiger partial charge on any atom is 0.222 e. The molecule has 166 valence electrons. The summed E-state index contributed by atoms with van der Waals surface area (Å²) < 4.78 is 6.05. The molecule has 2 saturated heterocycles. The first-order valence-corrected chi connectivity index (χ1v) is 12.0. The number of hydrogen-bond acceptors (Lipinski definition) is 3. The first-order valence-electron chi connectivity index (χ1n) is 11.6. The van der Waals surface area contributed by atoms with E-state index in [1.807, 2.05) is 30.3 Å². The molecule has 5 heteroatoms. The minimum atomic E-state index is 0.266. The lowest BCUT2D eigenvalue weighted by Crippen LogP contribution is -2.49. The predicted octanol–water partition coefficient (Wildman–Crippen LogP) is 4.94. The lowest BCUT2D eigenvalue weighted by molar-refractivity contribution is -0.132. The maximum absolute atomic E-state index is 12.7. The smallest absolute Gasteiger partial charge is 0.222 e. The highest BCUT2D eigenvalue weighted by atomic mass is 35.5. The lowest BCUT2D eigenvalue weighted by Gasteiger charge is -2.39. The number of ether oxygens (including phenoxy) is 1. The van der Waals surface area contributed by atoms with Crippen molar-refractivity contribution < 1.29 is 9.53 Å². The van der Waals surface area contributed by atoms with Gasteiger partial charge in [0, 0.05) is 36.6 Å². The van der Waals surface area contributed by atoms with Gasteiger partial charge in [0.25, 0.3) is 0 Å². The largest absolute Gasteiger partial charge is 0.375 e. The molecule has 2 fully saturated rings. The van der Waals surface area contributed by atoms with Crippen LogP contribution >= 0.6 is 11.6 Å². The van der Waals surface area contributed by atoms with E-state index in [1.54, 1.807) is 0 Å². The van der Waals surface area contributed by atoms with Crippen molar-refractivity contribution in [1.29, 1.82) is 0 Å². The van der Waals surface area contributed by atoms with Crippen LogP contribution < -0.4 is 0 Å². The van der Waals surface area contributed by atoms with Crippen LogP contribution in [0, 0.1) is 0 Å². The number of carbonyl (C=O) groups excluding carboxylic acids is 1. The van der Waals surface area contributed by atoms with Gasteiger partial charge in [-0.2, -0.15) is 0 Å². The highest BCUT2D eigenvalue weighted by molar-refractivity contribution is 6.30. The Morgan fingerprint density at radius 2 is 1.74 bits per heavy atom. The molecule has 31 heavy (non-hydrogen) atoms. The van der Waals surface area contributed by atoms with Gasteiger partial charge in [0.05, 0.1) is 13.2 Å². The summed E-state index contributed by atoms with van der Waals surface area (Å²) in [5.74, 6) is 0.266. The number of piperidine rings is 1. The quantitative estimate of drug-likeness (QED) is 0.582. The van der Waals surface area contributed by atoms with Crippen LogP contribution in [0.4, 0.5) is 0 Å². The van der Waals surface area contributed by atoms with Gasteiger partial charge in [-0.25, -0.2) is 0 Å². The van der Waals surface area contributed by atoms with Gasteiger partial charge < -0.3 is 9.64 Å². The second-order valence-electron chi connectivity index (χ2n) is 8.78. The zero-order chi connectivity index (χ0) is 21.5. The number of likely N-dealkylation sites (tertiary alicyclic amines) is 2. The van der Waals surface area contributed by atoms with Crippen LogP contribution in [0.1, 0.15) is 43.2 Å². The minimum Gasteiger partial charge on any atom is -0.375 e. The number of hydrogen-bond donors (Lipinski definition) is 0. The van der Waals surface area contributed by atoms with Gasteiger partial charge in [-0.1, -0.05) is 54.1 Å². The molecular weight excluding hydrogens is 408 g/mol. The fraction of sp³-hybridized carbons (Fsp3) is 0.500. The summed E-state index contributed by atoms with van der Waals surface area (Å²) in [6.45, 7) is 4.38. The molecule has 0 radical (unpaired) electrons. The summed E-state index contributed by atoms with van der Waals surface area (Å²) in [5.41, 5.74) is 2.36. The predicted molar refractivity (Wildman–Crippen MR) is 125 cm³/mol. The Morgan fingerprint density at radius 1 is 0.968 bits per heavy atom. The number of aryl methyl sites for hydroxylation is 1. The van der Waals surface area contributed by atoms with Gasteiger partial charge in [-0.3, -0.25) is 9.69 Å². The van der Waals surface area contributed by atoms with E-state index in [9.17, 15) is 4.79 Å². The van der Waals surface area contributed by atoms with Crippen LogP contribution in [0.5, 0.6) is 0 Å². The van der Waals surface area contributed by atoms with Crippen molar-refractivity contribution >= 4 is 17.5 Å². The Kier molecular flexibility index (Phi) is 8.01. The minimum absolute atomic E-state index is 0.266. The molecule has 2 heterocycles. The second-order valence-corrected chi connectivity index (χ2v) is 9.21. The average molecular weight is 441 g/mol. The zero-order valence-corrected chi connectivity index (χ0v) is 19.0. The van der Waals surface area contributed by atoms with Crippen LogP contribution in [0.25, 0.3) is 0 Å². The number of nitrogens with zero attached hydrogens (tertiary/aromatic N) is 2. The van der Waals surface area contributed by atoms with Crippen LogP contribution in [-0.4, -0.2) is 54.0 Å². The Bertz CT molecular complexity index is 836. The van der Waals surface area contributed by atoms with Crippen molar-refractivity contribution in [3.05, 3.63) is 70.7 Å². The number of amides is 1. The van der Waals surface area contributed by atoms with E-state index in [2.05, 4.69) is 34.1 Å². The standard InChI is InChI=1S/C26H33ClN2O2/c27-23-9-4-8-21(18-23)11-12-26(30)28-16-13-24(14-17-28)29-15-5-10-25(29)20-31-19-22-6-2-1-3-7-22/h1-4,6-9,18,24-25H,5,10-17,19-20H2/t25-/m1/s1. The Morgan fingerprint density at radius 3 is 2.52 bits per heavy atom. The van der Waals surface area contributed by atoms with Gasteiger partial charge in [0.15, 0.2) is 0 Å². The number of halogens is 1. The second kappa shape index (κ2) is 11.1. The van der Waals surface area contributed by atoms with E-state index < -0.39 is 0 Å². The maximum atomic E-state index is 12.7. The van der Waals surface area contributed by atoms with Gasteiger partial charge in [0.1, 0.15) is 0 Å². The number of benzene rings is 2. The van der Waals surface area contributed by atoms with Crippen LogP contribution in [0.3, 0.4) is 0 Å². The molecule has 1 amide bonds. The SMILES string of the molecule is O=C(CCc1cccc(Cl)c1)N1CCC(N2CCC[C@@H]2COCc2ccccc2)CC1. The van der Waals surface area contributed by atoms with Crippen molar-refractivity contribution in [2.24, 2.45) is 0 Å². The molecule has 4 rings (SSSR count). The molecule has 0 spiro atoms. The first-order chi connectivity index (χ1) is 15.2. The molecule has 0 bridgehead atoms. The Labute approximate surface area is 191 Å². The summed E-state index contributed by atoms with van der Waals surface area (Å²) in [6.07, 6.45) is 5.92. The molecule has 0 aromatic heterocycles. The van der Waals surface area contributed by atoms with E-state index in [4.69, 9.17) is 16.3 Å². The van der Waals surface area contributed by atoms with Crippen LogP contribution in [-0.2, 0) is 22.6 Å². The molecule has 4 nitrogen and oxygen atoms in total. The summed E-state index contributed by atoms with van der Waals surface area (Å²) in [6, 6.07) is 19.3. The Hall–Kier alpha value is -1.88. The summed E-state index contributed by atoms with van der Waals surface area (Å²) in [4.78, 5) is 17.4. The average Bonchev–Trinajstić information content (AvgIpc) is 3.27. The van der Waals surface area contributed by atoms with Crippen molar-refractivity contribution in [1.82, 2.24) is 9.80 Å². The fourth-order valence-corrected chi connectivity index (χ4v) is 5.17. The lowest BCUT2D eigenvalue weighted by atomic mass is 10.0. The van der Waals surface area contributed by atoms with Crippen molar-refractivity contribution in [3.63, 3.8) is 0 Å². The molecule has 2 aliphatic heterocycles. The first kappa shape index (κ1) is 22.3. The van der Waals surface area contributed by atoms with E-state index in [-0.39, 0.29) is 5.91 Å². The highest BCUT2D eigenvalue weighted by Gasteiger charge is 2.33. The molecule has 1 atom stereocenters. The molecule has 2 aromatic rings. The summed E-state index contributed by atoms with van der Waals surface area (Å²) in [7, 11) is 0. The third kappa shape index (κ3) is 6.31. The molecule has 0 unspecified atom stereocenters. The molecule has 0 saturated carbocycles. The topological polar surface area (TPSA) is 32.8 Å². The summed E-state index contributed by atoms with van der Waals surface area (Å²) in [5, 5.41) is 0.735. The van der Waals surface area contributed by atoms with E-state index >= 15 is 0 Å². The molecule has 0 N–H and O–H groups in total. The molecule has 2 aromatic carbocycles. The fourth-order valence-electron chi connectivity index (χ4n) is 4.95. The molecular formula is C26H33ClN2O2. The van der Waals surface area contributed by atoms with E-state index in [1.165, 1.54) is 18.4 Å². The zero-order valence-electron chi connectivity index (χ0n) is 18.2. The van der Waals surface area contributed by atoms with E-state index in [0.717, 1.165) is 56.1 Å². The van der Waals surface area contributed by atoms with Gasteiger partial charge in [-0.15, -0.1) is 0 Å².